The first-order valence-electron chi connectivity index (χ1n) is 6.97. The number of ketones is 1. The molecule has 0 fully saturated rings. The van der Waals surface area contributed by atoms with Crippen LogP contribution in [0.3, 0.4) is 0 Å². The van der Waals surface area contributed by atoms with Crippen LogP contribution in [-0.2, 0) is 6.61 Å². The molecule has 0 amide bonds. The van der Waals surface area contributed by atoms with Crippen LogP contribution in [0.2, 0.25) is 0 Å². The fourth-order valence-corrected chi connectivity index (χ4v) is 2.14. The van der Waals surface area contributed by atoms with Crippen molar-refractivity contribution in [3.63, 3.8) is 0 Å². The van der Waals surface area contributed by atoms with Crippen LogP contribution >= 0.6 is 0 Å². The fourth-order valence-electron chi connectivity index (χ4n) is 2.14. The smallest absolute Gasteiger partial charge is 0.232 e. The second kappa shape index (κ2) is 6.26. The van der Waals surface area contributed by atoms with E-state index in [0.717, 1.165) is 5.56 Å². The minimum Gasteiger partial charge on any atom is -0.483 e. The SMILES string of the molecule is CC(=O)c1ccccc1OCc1ncc(-c2ccccc2)o1. The Morgan fingerprint density at radius 2 is 1.82 bits per heavy atom. The number of carbonyl (C=O) groups excluding carboxylic acids is 1. The number of carbonyl (C=O) groups is 1. The van der Waals surface area contributed by atoms with Gasteiger partial charge in [0.2, 0.25) is 5.89 Å². The van der Waals surface area contributed by atoms with E-state index in [4.69, 9.17) is 9.15 Å². The number of hydrogen-bond donors (Lipinski definition) is 0. The molecule has 0 aliphatic heterocycles. The van der Waals surface area contributed by atoms with E-state index < -0.39 is 0 Å². The van der Waals surface area contributed by atoms with Crippen molar-refractivity contribution >= 4 is 5.78 Å². The van der Waals surface area contributed by atoms with Gasteiger partial charge in [0.15, 0.2) is 18.2 Å². The van der Waals surface area contributed by atoms with Crippen molar-refractivity contribution < 1.29 is 13.9 Å². The quantitative estimate of drug-likeness (QED) is 0.664. The first kappa shape index (κ1) is 14.1. The van der Waals surface area contributed by atoms with Crippen LogP contribution < -0.4 is 4.74 Å². The maximum atomic E-state index is 11.5. The molecule has 0 atom stereocenters. The summed E-state index contributed by atoms with van der Waals surface area (Å²) in [5.41, 5.74) is 1.52. The van der Waals surface area contributed by atoms with E-state index in [1.165, 1.54) is 6.92 Å². The lowest BCUT2D eigenvalue weighted by Gasteiger charge is -2.07. The van der Waals surface area contributed by atoms with Crippen LogP contribution in [0.1, 0.15) is 23.2 Å². The number of oxazole rings is 1. The molecule has 0 aliphatic carbocycles. The van der Waals surface area contributed by atoms with Crippen molar-refractivity contribution in [1.82, 2.24) is 4.98 Å². The molecule has 110 valence electrons. The van der Waals surface area contributed by atoms with Crippen molar-refractivity contribution in [2.24, 2.45) is 0 Å². The standard InChI is InChI=1S/C18H15NO3/c1-13(20)15-9-5-6-10-16(15)21-12-18-19-11-17(22-18)14-7-3-2-4-8-14/h2-11H,12H2,1H3. The Morgan fingerprint density at radius 1 is 1.09 bits per heavy atom. The van der Waals surface area contributed by atoms with Crippen LogP contribution in [0, 0.1) is 0 Å². The summed E-state index contributed by atoms with van der Waals surface area (Å²) in [6.07, 6.45) is 1.67. The zero-order valence-electron chi connectivity index (χ0n) is 12.2. The molecular formula is C18H15NO3. The fraction of sp³-hybridized carbons (Fsp3) is 0.111. The Labute approximate surface area is 128 Å². The monoisotopic (exact) mass is 293 g/mol. The van der Waals surface area contributed by atoms with E-state index in [-0.39, 0.29) is 12.4 Å². The summed E-state index contributed by atoms with van der Waals surface area (Å²) in [6.45, 7) is 1.69. The average molecular weight is 293 g/mol. The molecule has 0 radical (unpaired) electrons. The van der Waals surface area contributed by atoms with E-state index in [1.54, 1.807) is 18.3 Å². The van der Waals surface area contributed by atoms with Crippen molar-refractivity contribution in [2.75, 3.05) is 0 Å². The second-order valence-electron chi connectivity index (χ2n) is 4.83. The third-order valence-electron chi connectivity index (χ3n) is 3.23. The van der Waals surface area contributed by atoms with Gasteiger partial charge in [0.05, 0.1) is 11.8 Å². The Kier molecular flexibility index (Phi) is 4.01. The number of ether oxygens (including phenoxy) is 1. The highest BCUT2D eigenvalue weighted by Crippen LogP contribution is 2.22. The lowest BCUT2D eigenvalue weighted by atomic mass is 10.1. The zero-order chi connectivity index (χ0) is 15.4. The van der Waals surface area contributed by atoms with Crippen LogP contribution in [0.15, 0.2) is 65.2 Å². The van der Waals surface area contributed by atoms with Gasteiger partial charge in [-0.05, 0) is 19.1 Å². The maximum Gasteiger partial charge on any atom is 0.232 e. The van der Waals surface area contributed by atoms with Crippen LogP contribution in [0.5, 0.6) is 5.75 Å². The van der Waals surface area contributed by atoms with Gasteiger partial charge in [-0.2, -0.15) is 0 Å². The van der Waals surface area contributed by atoms with Crippen molar-refractivity contribution in [2.45, 2.75) is 13.5 Å². The van der Waals surface area contributed by atoms with Crippen LogP contribution in [-0.4, -0.2) is 10.8 Å². The molecule has 3 aromatic rings. The van der Waals surface area contributed by atoms with E-state index >= 15 is 0 Å². The molecule has 0 bridgehead atoms. The molecule has 0 saturated carbocycles. The molecule has 0 spiro atoms. The van der Waals surface area contributed by atoms with Gasteiger partial charge in [-0.25, -0.2) is 4.98 Å². The first-order chi connectivity index (χ1) is 10.7. The summed E-state index contributed by atoms with van der Waals surface area (Å²) in [7, 11) is 0. The highest BCUT2D eigenvalue weighted by molar-refractivity contribution is 5.96. The number of para-hydroxylation sites is 1. The number of nitrogens with zero attached hydrogens (tertiary/aromatic N) is 1. The largest absolute Gasteiger partial charge is 0.483 e. The van der Waals surface area contributed by atoms with Crippen molar-refractivity contribution in [3.05, 3.63) is 72.2 Å². The molecular weight excluding hydrogens is 278 g/mol. The van der Waals surface area contributed by atoms with Crippen molar-refractivity contribution in [3.8, 4) is 17.1 Å². The minimum atomic E-state index is -0.0343. The van der Waals surface area contributed by atoms with E-state index in [2.05, 4.69) is 4.98 Å². The van der Waals surface area contributed by atoms with E-state index in [9.17, 15) is 4.79 Å². The summed E-state index contributed by atoms with van der Waals surface area (Å²) in [5.74, 6) is 1.67. The van der Waals surface area contributed by atoms with Gasteiger partial charge in [-0.15, -0.1) is 0 Å². The zero-order valence-corrected chi connectivity index (χ0v) is 12.2. The van der Waals surface area contributed by atoms with Gasteiger partial charge >= 0.3 is 0 Å². The Hall–Kier alpha value is -2.88. The molecule has 0 saturated heterocycles. The molecule has 0 unspecified atom stereocenters. The Balaban J connectivity index is 1.73. The Morgan fingerprint density at radius 3 is 2.59 bits per heavy atom. The highest BCUT2D eigenvalue weighted by atomic mass is 16.5. The molecule has 3 rings (SSSR count). The third kappa shape index (κ3) is 3.06. The molecule has 0 aliphatic rings. The molecule has 1 aromatic heterocycles. The number of Topliss-reactive ketones (excluding diaryl/α,β-unsaturated/α-hetero) is 1. The van der Waals surface area contributed by atoms with Gasteiger partial charge in [-0.3, -0.25) is 4.79 Å². The number of benzene rings is 2. The van der Waals surface area contributed by atoms with Crippen molar-refractivity contribution in [1.29, 1.82) is 0 Å². The lowest BCUT2D eigenvalue weighted by molar-refractivity contribution is 0.101. The molecule has 2 aromatic carbocycles. The lowest BCUT2D eigenvalue weighted by Crippen LogP contribution is -2.01. The van der Waals surface area contributed by atoms with Crippen LogP contribution in [0.25, 0.3) is 11.3 Å². The van der Waals surface area contributed by atoms with Gasteiger partial charge in [0, 0.05) is 5.56 Å². The highest BCUT2D eigenvalue weighted by Gasteiger charge is 2.10. The number of hydrogen-bond acceptors (Lipinski definition) is 4. The predicted molar refractivity (Wildman–Crippen MR) is 82.7 cm³/mol. The second-order valence-corrected chi connectivity index (χ2v) is 4.83. The number of aromatic nitrogens is 1. The molecule has 22 heavy (non-hydrogen) atoms. The summed E-state index contributed by atoms with van der Waals surface area (Å²) in [5, 5.41) is 0. The maximum absolute atomic E-state index is 11.5. The normalized spacial score (nSPS) is 10.4. The van der Waals surface area contributed by atoms with Gasteiger partial charge in [0.1, 0.15) is 5.75 Å². The molecule has 1 heterocycles. The predicted octanol–water partition coefficient (Wildman–Crippen LogP) is 4.12. The van der Waals surface area contributed by atoms with E-state index in [1.807, 2.05) is 42.5 Å². The van der Waals surface area contributed by atoms with Gasteiger partial charge < -0.3 is 9.15 Å². The summed E-state index contributed by atoms with van der Waals surface area (Å²) in [4.78, 5) is 15.8. The summed E-state index contributed by atoms with van der Waals surface area (Å²) < 4.78 is 11.3. The minimum absolute atomic E-state index is 0.0343. The topological polar surface area (TPSA) is 52.3 Å². The van der Waals surface area contributed by atoms with Gasteiger partial charge in [-0.1, -0.05) is 42.5 Å². The average Bonchev–Trinajstić information content (AvgIpc) is 3.03. The Bertz CT molecular complexity index is 778. The third-order valence-corrected chi connectivity index (χ3v) is 3.23. The molecule has 4 heteroatoms. The van der Waals surface area contributed by atoms with Crippen LogP contribution in [0.4, 0.5) is 0 Å². The molecule has 4 nitrogen and oxygen atoms in total. The molecule has 0 N–H and O–H groups in total. The van der Waals surface area contributed by atoms with Gasteiger partial charge in [0.25, 0.3) is 0 Å². The summed E-state index contributed by atoms with van der Waals surface area (Å²) in [6, 6.07) is 16.9. The first-order valence-corrected chi connectivity index (χ1v) is 6.97. The van der Waals surface area contributed by atoms with E-state index in [0.29, 0.717) is 23.0 Å². The summed E-state index contributed by atoms with van der Waals surface area (Å²) >= 11 is 0. The number of rotatable bonds is 5.